The van der Waals surface area contributed by atoms with Crippen LogP contribution < -0.4 is 5.73 Å². The topological polar surface area (TPSA) is 92.7 Å². The van der Waals surface area contributed by atoms with Crippen LogP contribution >= 0.6 is 0 Å². The molecule has 0 aliphatic rings. The summed E-state index contributed by atoms with van der Waals surface area (Å²) >= 11 is 0. The molecule has 0 aromatic heterocycles. The van der Waals surface area contributed by atoms with Crippen molar-refractivity contribution >= 4 is 17.3 Å². The summed E-state index contributed by atoms with van der Waals surface area (Å²) in [6, 6.07) is 4.01. The molecule has 0 saturated heterocycles. The van der Waals surface area contributed by atoms with Gasteiger partial charge in [-0.05, 0) is 40.1 Å². The van der Waals surface area contributed by atoms with Crippen LogP contribution in [0.1, 0.15) is 24.2 Å². The van der Waals surface area contributed by atoms with Crippen molar-refractivity contribution in [2.24, 2.45) is 0 Å². The minimum absolute atomic E-state index is 0.0347. The Balaban J connectivity index is 3.16. The quantitative estimate of drug-likeness (QED) is 0.488. The summed E-state index contributed by atoms with van der Waals surface area (Å²) < 4.78 is 0. The maximum Gasteiger partial charge on any atom is 0.282 e. The van der Waals surface area contributed by atoms with Gasteiger partial charge in [0.1, 0.15) is 5.56 Å². The highest BCUT2D eigenvalue weighted by atomic mass is 16.6. The SMILES string of the molecule is CCN(C(=O)c1cc(N)ccc1[N+](=O)[O-])C(C)CN(C)C. The van der Waals surface area contributed by atoms with Crippen LogP contribution in [0.5, 0.6) is 0 Å². The molecule has 0 heterocycles. The molecule has 0 bridgehead atoms. The van der Waals surface area contributed by atoms with E-state index in [9.17, 15) is 14.9 Å². The van der Waals surface area contributed by atoms with E-state index in [4.69, 9.17) is 5.73 Å². The van der Waals surface area contributed by atoms with Gasteiger partial charge in [-0.1, -0.05) is 0 Å². The molecule has 7 heteroatoms. The maximum absolute atomic E-state index is 12.6. The number of amides is 1. The molecule has 1 aromatic rings. The summed E-state index contributed by atoms with van der Waals surface area (Å²) in [5.41, 5.74) is 5.81. The first-order valence-corrected chi connectivity index (χ1v) is 6.77. The lowest BCUT2D eigenvalue weighted by atomic mass is 10.1. The second-order valence-electron chi connectivity index (χ2n) is 5.24. The van der Waals surface area contributed by atoms with Crippen LogP contribution in [0.4, 0.5) is 11.4 Å². The van der Waals surface area contributed by atoms with E-state index >= 15 is 0 Å². The number of nitrogens with two attached hydrogens (primary N) is 1. The average molecular weight is 294 g/mol. The number of anilines is 1. The van der Waals surface area contributed by atoms with Crippen molar-refractivity contribution in [2.75, 3.05) is 32.9 Å². The standard InChI is InChI=1S/C14H22N4O3/c1-5-17(10(2)9-16(3)4)14(19)12-8-11(15)6-7-13(12)18(20)21/h6-8,10H,5,9,15H2,1-4H3. The van der Waals surface area contributed by atoms with Crippen molar-refractivity contribution < 1.29 is 9.72 Å². The molecule has 1 aromatic carbocycles. The molecule has 0 saturated carbocycles. The number of carbonyl (C=O) groups is 1. The van der Waals surface area contributed by atoms with Crippen LogP contribution in [-0.2, 0) is 0 Å². The van der Waals surface area contributed by atoms with E-state index in [0.717, 1.165) is 0 Å². The van der Waals surface area contributed by atoms with E-state index in [1.165, 1.54) is 18.2 Å². The van der Waals surface area contributed by atoms with Gasteiger partial charge in [-0.15, -0.1) is 0 Å². The molecule has 0 radical (unpaired) electrons. The van der Waals surface area contributed by atoms with Gasteiger partial charge in [0.15, 0.2) is 0 Å². The summed E-state index contributed by atoms with van der Waals surface area (Å²) in [5, 5.41) is 11.1. The highest BCUT2D eigenvalue weighted by Gasteiger charge is 2.27. The third kappa shape index (κ3) is 4.16. The Morgan fingerprint density at radius 1 is 1.43 bits per heavy atom. The molecule has 7 nitrogen and oxygen atoms in total. The van der Waals surface area contributed by atoms with Gasteiger partial charge < -0.3 is 15.5 Å². The van der Waals surface area contributed by atoms with Crippen LogP contribution in [0.3, 0.4) is 0 Å². The van der Waals surface area contributed by atoms with Gasteiger partial charge in [0.2, 0.25) is 0 Å². The monoisotopic (exact) mass is 294 g/mol. The summed E-state index contributed by atoms with van der Waals surface area (Å²) in [4.78, 5) is 26.7. The fourth-order valence-corrected chi connectivity index (χ4v) is 2.32. The van der Waals surface area contributed by atoms with Crippen molar-refractivity contribution in [3.05, 3.63) is 33.9 Å². The molecule has 1 rings (SSSR count). The smallest absolute Gasteiger partial charge is 0.282 e. The Hall–Kier alpha value is -2.15. The predicted molar refractivity (Wildman–Crippen MR) is 82.2 cm³/mol. The molecule has 1 unspecified atom stereocenters. The number of hydrogen-bond acceptors (Lipinski definition) is 5. The maximum atomic E-state index is 12.6. The van der Waals surface area contributed by atoms with Gasteiger partial charge in [0.05, 0.1) is 4.92 Å². The predicted octanol–water partition coefficient (Wildman–Crippen LogP) is 1.59. The van der Waals surface area contributed by atoms with Crippen LogP contribution in [0.25, 0.3) is 0 Å². The molecule has 0 aliphatic carbocycles. The summed E-state index contributed by atoms with van der Waals surface area (Å²) in [6.07, 6.45) is 0. The number of hydrogen-bond donors (Lipinski definition) is 1. The Labute approximate surface area is 124 Å². The van der Waals surface area contributed by atoms with Crippen molar-refractivity contribution in [3.63, 3.8) is 0 Å². The van der Waals surface area contributed by atoms with Crippen molar-refractivity contribution in [1.82, 2.24) is 9.80 Å². The highest BCUT2D eigenvalue weighted by Crippen LogP contribution is 2.23. The van der Waals surface area contributed by atoms with E-state index in [1.807, 2.05) is 32.8 Å². The summed E-state index contributed by atoms with van der Waals surface area (Å²) in [6.45, 7) is 4.91. The number of nitro groups is 1. The minimum Gasteiger partial charge on any atom is -0.399 e. The lowest BCUT2D eigenvalue weighted by Crippen LogP contribution is -2.43. The highest BCUT2D eigenvalue weighted by molar-refractivity contribution is 5.99. The Morgan fingerprint density at radius 2 is 2.05 bits per heavy atom. The van der Waals surface area contributed by atoms with E-state index < -0.39 is 4.92 Å². The molecule has 2 N–H and O–H groups in total. The lowest BCUT2D eigenvalue weighted by molar-refractivity contribution is -0.385. The zero-order valence-corrected chi connectivity index (χ0v) is 12.9. The molecule has 0 aliphatic heterocycles. The Morgan fingerprint density at radius 3 is 2.52 bits per heavy atom. The van der Waals surface area contributed by atoms with Crippen LogP contribution in [-0.4, -0.2) is 53.9 Å². The molecule has 0 fully saturated rings. The average Bonchev–Trinajstić information content (AvgIpc) is 2.37. The van der Waals surface area contributed by atoms with Gasteiger partial charge in [-0.25, -0.2) is 0 Å². The number of nitro benzene ring substituents is 1. The van der Waals surface area contributed by atoms with Gasteiger partial charge in [-0.3, -0.25) is 14.9 Å². The van der Waals surface area contributed by atoms with Crippen molar-refractivity contribution in [1.29, 1.82) is 0 Å². The second kappa shape index (κ2) is 7.03. The van der Waals surface area contributed by atoms with Gasteiger partial charge in [0.25, 0.3) is 11.6 Å². The molecular weight excluding hydrogens is 272 g/mol. The van der Waals surface area contributed by atoms with E-state index in [2.05, 4.69) is 0 Å². The first-order valence-electron chi connectivity index (χ1n) is 6.77. The zero-order valence-electron chi connectivity index (χ0n) is 12.9. The number of benzene rings is 1. The van der Waals surface area contributed by atoms with Gasteiger partial charge >= 0.3 is 0 Å². The van der Waals surface area contributed by atoms with Gasteiger partial charge in [0, 0.05) is 30.9 Å². The number of carbonyl (C=O) groups excluding carboxylic acids is 1. The van der Waals surface area contributed by atoms with Crippen molar-refractivity contribution in [2.45, 2.75) is 19.9 Å². The van der Waals surface area contributed by atoms with Crippen molar-refractivity contribution in [3.8, 4) is 0 Å². The molecule has 116 valence electrons. The third-order valence-electron chi connectivity index (χ3n) is 3.21. The van der Waals surface area contributed by atoms with E-state index in [-0.39, 0.29) is 23.2 Å². The number of nitrogens with zero attached hydrogens (tertiary/aromatic N) is 3. The fraction of sp³-hybridized carbons (Fsp3) is 0.500. The second-order valence-corrected chi connectivity index (χ2v) is 5.24. The first-order chi connectivity index (χ1) is 9.77. The third-order valence-corrected chi connectivity index (χ3v) is 3.21. The molecule has 21 heavy (non-hydrogen) atoms. The summed E-state index contributed by atoms with van der Waals surface area (Å²) in [7, 11) is 3.83. The normalized spacial score (nSPS) is 12.2. The largest absolute Gasteiger partial charge is 0.399 e. The Kier molecular flexibility index (Phi) is 5.66. The lowest BCUT2D eigenvalue weighted by Gasteiger charge is -2.30. The fourth-order valence-electron chi connectivity index (χ4n) is 2.32. The van der Waals surface area contributed by atoms with E-state index in [1.54, 1.807) is 4.90 Å². The molecular formula is C14H22N4O3. The van der Waals surface area contributed by atoms with Gasteiger partial charge in [-0.2, -0.15) is 0 Å². The minimum atomic E-state index is -0.558. The first kappa shape index (κ1) is 16.9. The number of nitrogen functional groups attached to an aromatic ring is 1. The van der Waals surface area contributed by atoms with Crippen LogP contribution in [0, 0.1) is 10.1 Å². The zero-order chi connectivity index (χ0) is 16.2. The van der Waals surface area contributed by atoms with Crippen LogP contribution in [0.2, 0.25) is 0 Å². The summed E-state index contributed by atoms with van der Waals surface area (Å²) in [5.74, 6) is -0.370. The molecule has 1 amide bonds. The van der Waals surface area contributed by atoms with Crippen LogP contribution in [0.15, 0.2) is 18.2 Å². The number of rotatable bonds is 6. The molecule has 1 atom stereocenters. The number of likely N-dealkylation sites (N-methyl/N-ethyl adjacent to an activating group) is 2. The Bertz CT molecular complexity index is 531. The molecule has 0 spiro atoms. The van der Waals surface area contributed by atoms with E-state index in [0.29, 0.717) is 18.8 Å².